The van der Waals surface area contributed by atoms with Crippen molar-refractivity contribution < 1.29 is 9.84 Å². The molecule has 1 aromatic carbocycles. The van der Waals surface area contributed by atoms with E-state index in [2.05, 4.69) is 15.3 Å². The Morgan fingerprint density at radius 3 is 2.84 bits per heavy atom. The number of hydrogen-bond donors (Lipinski definition) is 3. The molecule has 0 saturated heterocycles. The van der Waals surface area contributed by atoms with Gasteiger partial charge in [-0.25, -0.2) is 4.98 Å². The Kier molecular flexibility index (Phi) is 5.94. The van der Waals surface area contributed by atoms with Crippen molar-refractivity contribution in [3.63, 3.8) is 0 Å². The van der Waals surface area contributed by atoms with Crippen molar-refractivity contribution in [3.05, 3.63) is 35.5 Å². The minimum absolute atomic E-state index is 0.202. The molecular formula is C18H23ClN4O2. The molecular weight excluding hydrogens is 340 g/mol. The summed E-state index contributed by atoms with van der Waals surface area (Å²) in [5.74, 6) is 2.52. The van der Waals surface area contributed by atoms with Crippen LogP contribution in [0, 0.1) is 5.92 Å². The lowest BCUT2D eigenvalue weighted by molar-refractivity contribution is 0.224. The number of nitrogens with one attached hydrogen (secondary N) is 1. The summed E-state index contributed by atoms with van der Waals surface area (Å²) in [6.45, 7) is 0.239. The molecule has 0 radical (unpaired) electrons. The van der Waals surface area contributed by atoms with Gasteiger partial charge in [-0.3, -0.25) is 0 Å². The molecule has 0 amide bonds. The van der Waals surface area contributed by atoms with Crippen molar-refractivity contribution in [2.45, 2.75) is 38.1 Å². The zero-order valence-corrected chi connectivity index (χ0v) is 14.7. The SMILES string of the molecule is Nc1ncc(Oc2ccc(Cl)cc2)c(NC2CCCC(CCO)C2)n1. The van der Waals surface area contributed by atoms with Gasteiger partial charge in [0.15, 0.2) is 11.6 Å². The fourth-order valence-electron chi connectivity index (χ4n) is 3.25. The summed E-state index contributed by atoms with van der Waals surface area (Å²) in [7, 11) is 0. The first-order valence-electron chi connectivity index (χ1n) is 8.57. The van der Waals surface area contributed by atoms with Crippen LogP contribution in [0.2, 0.25) is 5.02 Å². The lowest BCUT2D eigenvalue weighted by Gasteiger charge is -2.30. The topological polar surface area (TPSA) is 93.3 Å². The largest absolute Gasteiger partial charge is 0.452 e. The van der Waals surface area contributed by atoms with Gasteiger partial charge in [0, 0.05) is 17.7 Å². The minimum Gasteiger partial charge on any atom is -0.452 e. The summed E-state index contributed by atoms with van der Waals surface area (Å²) >= 11 is 5.91. The maximum absolute atomic E-state index is 9.17. The normalized spacial score (nSPS) is 20.2. The van der Waals surface area contributed by atoms with Crippen LogP contribution in [0.3, 0.4) is 0 Å². The van der Waals surface area contributed by atoms with Gasteiger partial charge in [0.2, 0.25) is 5.95 Å². The quantitative estimate of drug-likeness (QED) is 0.722. The lowest BCUT2D eigenvalue weighted by atomic mass is 9.84. The molecule has 1 aromatic heterocycles. The number of rotatable bonds is 6. The van der Waals surface area contributed by atoms with Crippen LogP contribution in [0.4, 0.5) is 11.8 Å². The molecule has 3 rings (SSSR count). The van der Waals surface area contributed by atoms with Crippen molar-refractivity contribution in [3.8, 4) is 11.5 Å². The Hall–Kier alpha value is -2.05. The van der Waals surface area contributed by atoms with Crippen LogP contribution in [0.1, 0.15) is 32.1 Å². The highest BCUT2D eigenvalue weighted by Gasteiger charge is 2.23. The molecule has 0 aliphatic heterocycles. The van der Waals surface area contributed by atoms with Gasteiger partial charge in [-0.2, -0.15) is 4.98 Å². The van der Waals surface area contributed by atoms with Gasteiger partial charge in [0.05, 0.1) is 6.20 Å². The Labute approximate surface area is 152 Å². The van der Waals surface area contributed by atoms with Crippen LogP contribution in [0.25, 0.3) is 0 Å². The molecule has 2 unspecified atom stereocenters. The second-order valence-electron chi connectivity index (χ2n) is 6.38. The molecule has 134 valence electrons. The van der Waals surface area contributed by atoms with Crippen molar-refractivity contribution in [1.82, 2.24) is 9.97 Å². The maximum Gasteiger partial charge on any atom is 0.222 e. The van der Waals surface area contributed by atoms with Crippen LogP contribution >= 0.6 is 11.6 Å². The molecule has 4 N–H and O–H groups in total. The van der Waals surface area contributed by atoms with E-state index in [1.807, 2.05) is 0 Å². The third-order valence-electron chi connectivity index (χ3n) is 4.48. The van der Waals surface area contributed by atoms with E-state index in [1.54, 1.807) is 30.5 Å². The summed E-state index contributed by atoms with van der Waals surface area (Å²) in [6, 6.07) is 7.40. The van der Waals surface area contributed by atoms with Crippen molar-refractivity contribution >= 4 is 23.4 Å². The number of hydrogen-bond acceptors (Lipinski definition) is 6. The number of benzene rings is 1. The van der Waals surface area contributed by atoms with Gasteiger partial charge in [0.25, 0.3) is 0 Å². The second-order valence-corrected chi connectivity index (χ2v) is 6.82. The van der Waals surface area contributed by atoms with Crippen molar-refractivity contribution in [1.29, 1.82) is 0 Å². The van der Waals surface area contributed by atoms with E-state index in [0.717, 1.165) is 25.7 Å². The predicted octanol–water partition coefficient (Wildman–Crippen LogP) is 3.86. The first-order chi connectivity index (χ1) is 12.1. The summed E-state index contributed by atoms with van der Waals surface area (Å²) in [5, 5.41) is 13.3. The van der Waals surface area contributed by atoms with E-state index in [0.29, 0.717) is 28.3 Å². The highest BCUT2D eigenvalue weighted by molar-refractivity contribution is 6.30. The monoisotopic (exact) mass is 362 g/mol. The third-order valence-corrected chi connectivity index (χ3v) is 4.73. The Morgan fingerprint density at radius 1 is 1.28 bits per heavy atom. The second kappa shape index (κ2) is 8.36. The fourth-order valence-corrected chi connectivity index (χ4v) is 3.38. The summed E-state index contributed by atoms with van der Waals surface area (Å²) in [4.78, 5) is 8.34. The van der Waals surface area contributed by atoms with Crippen LogP contribution in [0.5, 0.6) is 11.5 Å². The third kappa shape index (κ3) is 4.96. The van der Waals surface area contributed by atoms with Crippen molar-refractivity contribution in [2.75, 3.05) is 17.7 Å². The van der Waals surface area contributed by atoms with Crippen LogP contribution in [-0.2, 0) is 0 Å². The molecule has 2 aromatic rings. The molecule has 1 aliphatic carbocycles. The van der Waals surface area contributed by atoms with E-state index >= 15 is 0 Å². The van der Waals surface area contributed by atoms with Gasteiger partial charge in [-0.15, -0.1) is 0 Å². The van der Waals surface area contributed by atoms with E-state index in [4.69, 9.17) is 22.1 Å². The van der Waals surface area contributed by atoms with Crippen LogP contribution < -0.4 is 15.8 Å². The smallest absolute Gasteiger partial charge is 0.222 e. The number of anilines is 2. The average molecular weight is 363 g/mol. The zero-order valence-electron chi connectivity index (χ0n) is 14.0. The first kappa shape index (κ1) is 17.8. The predicted molar refractivity (Wildman–Crippen MR) is 99.0 cm³/mol. The first-order valence-corrected chi connectivity index (χ1v) is 8.95. The summed E-state index contributed by atoms with van der Waals surface area (Å²) in [5.41, 5.74) is 5.75. The summed E-state index contributed by atoms with van der Waals surface area (Å²) in [6.07, 6.45) is 6.79. The molecule has 1 heterocycles. The molecule has 0 spiro atoms. The molecule has 1 saturated carbocycles. The molecule has 7 heteroatoms. The maximum atomic E-state index is 9.17. The Balaban J connectivity index is 1.73. The highest BCUT2D eigenvalue weighted by Crippen LogP contribution is 2.33. The number of nitrogen functional groups attached to an aromatic ring is 1. The van der Waals surface area contributed by atoms with Gasteiger partial charge in [-0.05, 0) is 49.4 Å². The van der Waals surface area contributed by atoms with Gasteiger partial charge in [-0.1, -0.05) is 24.4 Å². The molecule has 0 bridgehead atoms. The number of ether oxygens (including phenoxy) is 1. The molecule has 6 nitrogen and oxygen atoms in total. The number of halogens is 1. The Bertz CT molecular complexity index is 694. The Morgan fingerprint density at radius 2 is 2.08 bits per heavy atom. The van der Waals surface area contributed by atoms with Gasteiger partial charge >= 0.3 is 0 Å². The fraction of sp³-hybridized carbons (Fsp3) is 0.444. The molecule has 2 atom stereocenters. The lowest BCUT2D eigenvalue weighted by Crippen LogP contribution is -2.28. The standard InChI is InChI=1S/C18H23ClN4O2/c19-13-4-6-15(7-5-13)25-16-11-21-18(20)23-17(16)22-14-3-1-2-12(10-14)8-9-24/h4-7,11-12,14,24H,1-3,8-10H2,(H3,20,21,22,23). The number of nitrogens with zero attached hydrogens (tertiary/aromatic N) is 2. The number of nitrogens with two attached hydrogens (primary N) is 1. The summed E-state index contributed by atoms with van der Waals surface area (Å²) < 4.78 is 5.89. The van der Waals surface area contributed by atoms with Crippen LogP contribution in [0.15, 0.2) is 30.5 Å². The van der Waals surface area contributed by atoms with E-state index in [9.17, 15) is 5.11 Å². The number of aliphatic hydroxyl groups excluding tert-OH is 1. The molecule has 1 aliphatic rings. The van der Waals surface area contributed by atoms with Crippen LogP contribution in [-0.4, -0.2) is 27.7 Å². The number of aliphatic hydroxyl groups is 1. The minimum atomic E-state index is 0.202. The van der Waals surface area contributed by atoms with Crippen molar-refractivity contribution in [2.24, 2.45) is 5.92 Å². The van der Waals surface area contributed by atoms with Gasteiger partial charge < -0.3 is 20.9 Å². The molecule has 1 fully saturated rings. The van der Waals surface area contributed by atoms with Gasteiger partial charge in [0.1, 0.15) is 5.75 Å². The zero-order chi connectivity index (χ0) is 17.6. The average Bonchev–Trinajstić information content (AvgIpc) is 2.60. The highest BCUT2D eigenvalue weighted by atomic mass is 35.5. The van der Waals surface area contributed by atoms with E-state index in [-0.39, 0.29) is 18.6 Å². The molecule has 25 heavy (non-hydrogen) atoms. The number of aromatic nitrogens is 2. The van der Waals surface area contributed by atoms with E-state index in [1.165, 1.54) is 6.42 Å². The van der Waals surface area contributed by atoms with E-state index < -0.39 is 0 Å².